The zero-order valence-corrected chi connectivity index (χ0v) is 9.80. The summed E-state index contributed by atoms with van der Waals surface area (Å²) >= 11 is 0. The first-order valence-electron chi connectivity index (χ1n) is 5.18. The molecule has 0 aliphatic heterocycles. The molecule has 0 atom stereocenters. The minimum Gasteiger partial charge on any atom is -0.478 e. The molecule has 0 aliphatic carbocycles. The highest BCUT2D eigenvalue weighted by Gasteiger charge is 2.19. The zero-order valence-electron chi connectivity index (χ0n) is 9.80. The second-order valence-electron chi connectivity index (χ2n) is 3.85. The number of esters is 1. The normalized spacial score (nSPS) is 10.6. The first kappa shape index (κ1) is 12.0. The first-order valence-corrected chi connectivity index (χ1v) is 5.18. The topological polar surface area (TPSA) is 88.8 Å². The molecule has 18 heavy (non-hydrogen) atoms. The molecule has 0 saturated carbocycles. The van der Waals surface area contributed by atoms with E-state index in [4.69, 9.17) is 9.84 Å². The van der Waals surface area contributed by atoms with E-state index in [2.05, 4.69) is 0 Å². The van der Waals surface area contributed by atoms with Gasteiger partial charge in [0.25, 0.3) is 0 Å². The van der Waals surface area contributed by atoms with Crippen LogP contribution in [0.4, 0.5) is 0 Å². The molecular formula is C12H11NO5. The van der Waals surface area contributed by atoms with Gasteiger partial charge in [0.2, 0.25) is 0 Å². The van der Waals surface area contributed by atoms with E-state index >= 15 is 0 Å². The van der Waals surface area contributed by atoms with Crippen LogP contribution in [0.5, 0.6) is 5.75 Å². The van der Waals surface area contributed by atoms with Crippen LogP contribution in [0, 0.1) is 6.92 Å². The summed E-state index contributed by atoms with van der Waals surface area (Å²) in [5.74, 6) is -1.40. The maximum Gasteiger partial charge on any atom is 0.338 e. The fraction of sp³-hybridized carbons (Fsp3) is 0.167. The van der Waals surface area contributed by atoms with E-state index in [1.165, 1.54) is 32.0 Å². The predicted molar refractivity (Wildman–Crippen MR) is 62.1 cm³/mol. The van der Waals surface area contributed by atoms with Gasteiger partial charge in [0.1, 0.15) is 5.75 Å². The lowest BCUT2D eigenvalue weighted by molar-refractivity contribution is -0.131. The van der Waals surface area contributed by atoms with E-state index in [0.717, 1.165) is 4.73 Å². The van der Waals surface area contributed by atoms with Crippen molar-refractivity contribution in [2.45, 2.75) is 13.8 Å². The number of fused-ring (bicyclic) bond motifs is 1. The number of carbonyl (C=O) groups is 2. The number of benzene rings is 1. The Morgan fingerprint density at radius 1 is 1.33 bits per heavy atom. The van der Waals surface area contributed by atoms with Gasteiger partial charge < -0.3 is 15.1 Å². The monoisotopic (exact) mass is 249 g/mol. The number of ether oxygens (including phenoxy) is 1. The average Bonchev–Trinajstić information content (AvgIpc) is 2.50. The van der Waals surface area contributed by atoms with E-state index in [1.54, 1.807) is 0 Å². The third-order valence-electron chi connectivity index (χ3n) is 2.62. The highest BCUT2D eigenvalue weighted by atomic mass is 16.5. The van der Waals surface area contributed by atoms with Crippen molar-refractivity contribution in [3.8, 4) is 5.75 Å². The van der Waals surface area contributed by atoms with Gasteiger partial charge in [-0.1, -0.05) is 0 Å². The Morgan fingerprint density at radius 2 is 2.00 bits per heavy atom. The number of carboxylic acid groups (broad SMARTS) is 1. The number of hydrogen-bond acceptors (Lipinski definition) is 4. The van der Waals surface area contributed by atoms with E-state index < -0.39 is 11.9 Å². The molecule has 1 aromatic heterocycles. The van der Waals surface area contributed by atoms with Crippen LogP contribution in [0.2, 0.25) is 0 Å². The minimum absolute atomic E-state index is 0.0125. The van der Waals surface area contributed by atoms with Gasteiger partial charge >= 0.3 is 11.9 Å². The number of carbonyl (C=O) groups excluding carboxylic acids is 1. The molecule has 0 aliphatic rings. The third-order valence-corrected chi connectivity index (χ3v) is 2.62. The molecule has 0 fully saturated rings. The Balaban J connectivity index is 2.71. The van der Waals surface area contributed by atoms with Crippen molar-refractivity contribution in [3.63, 3.8) is 0 Å². The Labute approximate surface area is 102 Å². The van der Waals surface area contributed by atoms with Crippen LogP contribution < -0.4 is 4.74 Å². The molecule has 0 radical (unpaired) electrons. The summed E-state index contributed by atoms with van der Waals surface area (Å²) in [6, 6.07) is 4.40. The lowest BCUT2D eigenvalue weighted by Crippen LogP contribution is -2.01. The molecule has 0 bridgehead atoms. The van der Waals surface area contributed by atoms with Gasteiger partial charge in [-0.3, -0.25) is 4.79 Å². The van der Waals surface area contributed by atoms with Crippen LogP contribution in [0.1, 0.15) is 23.0 Å². The first-order chi connectivity index (χ1) is 8.41. The zero-order chi connectivity index (χ0) is 13.4. The smallest absolute Gasteiger partial charge is 0.338 e. The van der Waals surface area contributed by atoms with Crippen molar-refractivity contribution in [2.75, 3.05) is 0 Å². The summed E-state index contributed by atoms with van der Waals surface area (Å²) in [5, 5.41) is 19.2. The second kappa shape index (κ2) is 4.06. The van der Waals surface area contributed by atoms with Gasteiger partial charge in [-0.2, -0.15) is 4.73 Å². The number of nitrogens with zero attached hydrogens (tertiary/aromatic N) is 1. The van der Waals surface area contributed by atoms with Crippen molar-refractivity contribution in [1.29, 1.82) is 0 Å². The fourth-order valence-electron chi connectivity index (χ4n) is 1.88. The summed E-state index contributed by atoms with van der Waals surface area (Å²) in [6.07, 6.45) is 0. The Morgan fingerprint density at radius 3 is 2.56 bits per heavy atom. The van der Waals surface area contributed by atoms with E-state index in [0.29, 0.717) is 10.9 Å². The largest absolute Gasteiger partial charge is 0.478 e. The number of carboxylic acids is 1. The Hall–Kier alpha value is -2.50. The molecule has 6 nitrogen and oxygen atoms in total. The molecule has 2 rings (SSSR count). The van der Waals surface area contributed by atoms with Gasteiger partial charge in [-0.05, 0) is 25.1 Å². The Kier molecular flexibility index (Phi) is 2.70. The quantitative estimate of drug-likeness (QED) is 0.481. The van der Waals surface area contributed by atoms with Crippen molar-refractivity contribution in [3.05, 3.63) is 29.5 Å². The van der Waals surface area contributed by atoms with Gasteiger partial charge in [-0.25, -0.2) is 4.79 Å². The highest BCUT2D eigenvalue weighted by molar-refractivity contribution is 6.05. The second-order valence-corrected chi connectivity index (χ2v) is 3.85. The molecule has 1 aromatic carbocycles. The maximum atomic E-state index is 11.2. The fourth-order valence-corrected chi connectivity index (χ4v) is 1.88. The van der Waals surface area contributed by atoms with Gasteiger partial charge in [0.15, 0.2) is 0 Å². The summed E-state index contributed by atoms with van der Waals surface area (Å²) < 4.78 is 5.69. The number of aromatic carboxylic acids is 1. The van der Waals surface area contributed by atoms with Gasteiger partial charge in [0, 0.05) is 12.3 Å². The number of aromatic nitrogens is 1. The lowest BCUT2D eigenvalue weighted by Gasteiger charge is -2.01. The molecule has 1 heterocycles. The average molecular weight is 249 g/mol. The lowest BCUT2D eigenvalue weighted by atomic mass is 10.1. The molecule has 0 saturated heterocycles. The van der Waals surface area contributed by atoms with E-state index in [9.17, 15) is 14.8 Å². The third kappa shape index (κ3) is 1.77. The van der Waals surface area contributed by atoms with Crippen molar-refractivity contribution in [2.24, 2.45) is 0 Å². The standard InChI is InChI=1S/C12H11NO5/c1-6-11(12(15)16)9-5-8(18-7(2)14)3-4-10(9)13(6)17/h3-5,17H,1-2H3,(H,15,16). The van der Waals surface area contributed by atoms with E-state index in [1.807, 2.05) is 0 Å². The molecule has 2 aromatic rings. The molecule has 0 amide bonds. The SMILES string of the molecule is CC(=O)Oc1ccc2c(c1)c(C(=O)O)c(C)n2O. The predicted octanol–water partition coefficient (Wildman–Crippen LogP) is 1.81. The van der Waals surface area contributed by atoms with Crippen LogP contribution in [0.15, 0.2) is 18.2 Å². The maximum absolute atomic E-state index is 11.2. The van der Waals surface area contributed by atoms with Crippen LogP contribution in [-0.4, -0.2) is 27.0 Å². The van der Waals surface area contributed by atoms with Crippen molar-refractivity contribution < 1.29 is 24.6 Å². The summed E-state index contributed by atoms with van der Waals surface area (Å²) in [6.45, 7) is 2.75. The molecule has 94 valence electrons. The Bertz CT molecular complexity index is 656. The highest BCUT2D eigenvalue weighted by Crippen LogP contribution is 2.28. The van der Waals surface area contributed by atoms with Crippen molar-refractivity contribution >= 4 is 22.8 Å². The van der Waals surface area contributed by atoms with Crippen LogP contribution in [0.25, 0.3) is 10.9 Å². The number of rotatable bonds is 2. The van der Waals surface area contributed by atoms with Crippen LogP contribution >= 0.6 is 0 Å². The summed E-state index contributed by atoms with van der Waals surface area (Å²) in [7, 11) is 0. The molecule has 0 spiro atoms. The van der Waals surface area contributed by atoms with Gasteiger partial charge in [-0.15, -0.1) is 0 Å². The van der Waals surface area contributed by atoms with Crippen LogP contribution in [-0.2, 0) is 4.79 Å². The molecular weight excluding hydrogens is 238 g/mol. The van der Waals surface area contributed by atoms with Gasteiger partial charge in [0.05, 0.1) is 16.8 Å². The molecule has 2 N–H and O–H groups in total. The summed E-state index contributed by atoms with van der Waals surface area (Å²) in [4.78, 5) is 22.0. The summed E-state index contributed by atoms with van der Waals surface area (Å²) in [5.41, 5.74) is 0.555. The molecule has 0 unspecified atom stereocenters. The molecule has 6 heteroatoms. The minimum atomic E-state index is -1.15. The van der Waals surface area contributed by atoms with Crippen LogP contribution in [0.3, 0.4) is 0 Å². The van der Waals surface area contributed by atoms with E-state index in [-0.39, 0.29) is 17.0 Å². The van der Waals surface area contributed by atoms with Crippen molar-refractivity contribution in [1.82, 2.24) is 4.73 Å². The number of hydrogen-bond donors (Lipinski definition) is 2.